The van der Waals surface area contributed by atoms with E-state index in [4.69, 9.17) is 21.1 Å². The van der Waals surface area contributed by atoms with E-state index >= 15 is 0 Å². The second-order valence-corrected chi connectivity index (χ2v) is 9.22. The number of ether oxygens (including phenoxy) is 2. The van der Waals surface area contributed by atoms with Crippen LogP contribution in [0.25, 0.3) is 0 Å². The van der Waals surface area contributed by atoms with Gasteiger partial charge < -0.3 is 9.47 Å². The van der Waals surface area contributed by atoms with Crippen molar-refractivity contribution in [1.29, 1.82) is 0 Å². The molecule has 0 saturated heterocycles. The Morgan fingerprint density at radius 2 is 1.60 bits per heavy atom. The van der Waals surface area contributed by atoms with Crippen molar-refractivity contribution in [2.24, 2.45) is 0 Å². The van der Waals surface area contributed by atoms with Crippen molar-refractivity contribution in [1.82, 2.24) is 4.72 Å². The summed E-state index contributed by atoms with van der Waals surface area (Å²) in [5, 5.41) is 0.484. The molecule has 1 aliphatic rings. The molecular formula is C23H22ClNO4S. The fourth-order valence-corrected chi connectivity index (χ4v) is 4.69. The Bertz CT molecular complexity index is 1100. The molecule has 0 radical (unpaired) electrons. The summed E-state index contributed by atoms with van der Waals surface area (Å²) in [4.78, 5) is 0.166. The number of hydrogen-bond acceptors (Lipinski definition) is 4. The van der Waals surface area contributed by atoms with Crippen molar-refractivity contribution in [2.45, 2.75) is 23.8 Å². The maximum atomic E-state index is 13.1. The van der Waals surface area contributed by atoms with Crippen LogP contribution in [0, 0.1) is 0 Å². The summed E-state index contributed by atoms with van der Waals surface area (Å²) in [5.41, 5.74) is 1.83. The largest absolute Gasteiger partial charge is 0.490 e. The molecule has 5 nitrogen and oxygen atoms in total. The summed E-state index contributed by atoms with van der Waals surface area (Å²) in [6, 6.07) is 21.0. The Morgan fingerprint density at radius 1 is 0.900 bits per heavy atom. The summed E-state index contributed by atoms with van der Waals surface area (Å²) < 4.78 is 40.5. The Labute approximate surface area is 181 Å². The molecule has 1 unspecified atom stereocenters. The van der Waals surface area contributed by atoms with Crippen molar-refractivity contribution >= 4 is 21.6 Å². The molecule has 0 saturated carbocycles. The highest BCUT2D eigenvalue weighted by Crippen LogP contribution is 2.33. The lowest BCUT2D eigenvalue weighted by Gasteiger charge is -2.21. The third-order valence-corrected chi connectivity index (χ3v) is 6.62. The van der Waals surface area contributed by atoms with Gasteiger partial charge in [0.2, 0.25) is 10.0 Å². The quantitative estimate of drug-likeness (QED) is 0.596. The van der Waals surface area contributed by atoms with Crippen molar-refractivity contribution < 1.29 is 17.9 Å². The van der Waals surface area contributed by atoms with Crippen LogP contribution in [0.1, 0.15) is 23.6 Å². The fourth-order valence-electron chi connectivity index (χ4n) is 3.34. The first-order valence-electron chi connectivity index (χ1n) is 9.73. The summed E-state index contributed by atoms with van der Waals surface area (Å²) in [6.45, 7) is 1.17. The normalized spacial score (nSPS) is 14.7. The zero-order valence-electron chi connectivity index (χ0n) is 16.3. The van der Waals surface area contributed by atoms with Crippen LogP contribution in [0.15, 0.2) is 77.7 Å². The van der Waals surface area contributed by atoms with Gasteiger partial charge in [-0.1, -0.05) is 48.0 Å². The molecular weight excluding hydrogens is 422 g/mol. The molecule has 7 heteroatoms. The van der Waals surface area contributed by atoms with Gasteiger partial charge in [0.25, 0.3) is 0 Å². The second-order valence-electron chi connectivity index (χ2n) is 7.07. The Hall–Kier alpha value is -2.54. The van der Waals surface area contributed by atoms with Crippen LogP contribution in [0.4, 0.5) is 0 Å². The SMILES string of the molecule is O=S(=O)(NC(Cc1ccccc1)c1ccc2c(c1)OCCCO2)c1ccc(Cl)cc1. The van der Waals surface area contributed by atoms with Gasteiger partial charge in [0.05, 0.1) is 24.2 Å². The molecule has 3 aromatic carbocycles. The summed E-state index contributed by atoms with van der Waals surface area (Å²) in [6.07, 6.45) is 1.30. The third kappa shape index (κ3) is 4.95. The van der Waals surface area contributed by atoms with Gasteiger partial charge in [-0.3, -0.25) is 0 Å². The molecule has 1 heterocycles. The number of hydrogen-bond donors (Lipinski definition) is 1. The van der Waals surface area contributed by atoms with E-state index in [1.165, 1.54) is 12.1 Å². The molecule has 0 aliphatic carbocycles. The number of fused-ring (bicyclic) bond motifs is 1. The van der Waals surface area contributed by atoms with Gasteiger partial charge >= 0.3 is 0 Å². The molecule has 0 spiro atoms. The molecule has 4 rings (SSSR count). The molecule has 156 valence electrons. The molecule has 0 aromatic heterocycles. The van der Waals surface area contributed by atoms with Gasteiger partial charge in [0, 0.05) is 11.4 Å². The number of nitrogens with one attached hydrogen (secondary N) is 1. The van der Waals surface area contributed by atoms with Crippen molar-refractivity contribution in [3.8, 4) is 11.5 Å². The maximum Gasteiger partial charge on any atom is 0.241 e. The van der Waals surface area contributed by atoms with E-state index in [1.807, 2.05) is 48.5 Å². The predicted molar refractivity (Wildman–Crippen MR) is 117 cm³/mol. The van der Waals surface area contributed by atoms with Crippen LogP contribution < -0.4 is 14.2 Å². The molecule has 3 aromatic rings. The molecule has 1 aliphatic heterocycles. The van der Waals surface area contributed by atoms with Crippen LogP contribution in [0.5, 0.6) is 11.5 Å². The van der Waals surface area contributed by atoms with E-state index in [-0.39, 0.29) is 4.90 Å². The van der Waals surface area contributed by atoms with E-state index < -0.39 is 16.1 Å². The minimum Gasteiger partial charge on any atom is -0.490 e. The van der Waals surface area contributed by atoms with Gasteiger partial charge in [0.1, 0.15) is 0 Å². The highest BCUT2D eigenvalue weighted by molar-refractivity contribution is 7.89. The molecule has 1 atom stereocenters. The standard InChI is InChI=1S/C23H22ClNO4S/c24-19-8-10-20(11-9-19)30(26,27)25-21(15-17-5-2-1-3-6-17)18-7-12-22-23(16-18)29-14-4-13-28-22/h1-3,5-12,16,21,25H,4,13-15H2. The summed E-state index contributed by atoms with van der Waals surface area (Å²) in [7, 11) is -3.75. The number of benzene rings is 3. The lowest BCUT2D eigenvalue weighted by molar-refractivity contribution is 0.297. The zero-order valence-corrected chi connectivity index (χ0v) is 17.8. The highest BCUT2D eigenvalue weighted by Gasteiger charge is 2.23. The van der Waals surface area contributed by atoms with Crippen LogP contribution >= 0.6 is 11.6 Å². The molecule has 0 amide bonds. The predicted octanol–water partition coefficient (Wildman–Crippen LogP) is 4.76. The molecule has 1 N–H and O–H groups in total. The smallest absolute Gasteiger partial charge is 0.241 e. The minimum atomic E-state index is -3.75. The lowest BCUT2D eigenvalue weighted by atomic mass is 9.99. The van der Waals surface area contributed by atoms with Gasteiger partial charge in [-0.2, -0.15) is 0 Å². The first-order chi connectivity index (χ1) is 14.5. The van der Waals surface area contributed by atoms with Gasteiger partial charge in [-0.25, -0.2) is 13.1 Å². The average molecular weight is 444 g/mol. The molecule has 0 bridgehead atoms. The Kier molecular flexibility index (Phi) is 6.27. The second kappa shape index (κ2) is 9.08. The monoisotopic (exact) mass is 443 g/mol. The van der Waals surface area contributed by atoms with E-state index in [0.29, 0.717) is 36.2 Å². The summed E-state index contributed by atoms with van der Waals surface area (Å²) >= 11 is 5.91. The van der Waals surface area contributed by atoms with Crippen LogP contribution in [-0.4, -0.2) is 21.6 Å². The average Bonchev–Trinajstić information content (AvgIpc) is 2.99. The maximum absolute atomic E-state index is 13.1. The van der Waals surface area contributed by atoms with E-state index in [2.05, 4.69) is 4.72 Å². The van der Waals surface area contributed by atoms with Crippen LogP contribution in [0.3, 0.4) is 0 Å². The van der Waals surface area contributed by atoms with E-state index in [1.54, 1.807) is 12.1 Å². The topological polar surface area (TPSA) is 64.6 Å². The zero-order chi connectivity index (χ0) is 21.0. The Balaban J connectivity index is 1.68. The van der Waals surface area contributed by atoms with Crippen LogP contribution in [-0.2, 0) is 16.4 Å². The third-order valence-electron chi connectivity index (χ3n) is 4.88. The molecule has 0 fully saturated rings. The first-order valence-corrected chi connectivity index (χ1v) is 11.6. The van der Waals surface area contributed by atoms with E-state index in [0.717, 1.165) is 17.5 Å². The van der Waals surface area contributed by atoms with Crippen molar-refractivity contribution in [3.05, 3.63) is 88.9 Å². The number of rotatable bonds is 6. The van der Waals surface area contributed by atoms with Gasteiger partial charge in [-0.15, -0.1) is 0 Å². The Morgan fingerprint density at radius 3 is 2.33 bits per heavy atom. The fraction of sp³-hybridized carbons (Fsp3) is 0.217. The number of halogens is 1. The van der Waals surface area contributed by atoms with Crippen molar-refractivity contribution in [2.75, 3.05) is 13.2 Å². The van der Waals surface area contributed by atoms with Gasteiger partial charge in [-0.05, 0) is 53.9 Å². The van der Waals surface area contributed by atoms with Crippen LogP contribution in [0.2, 0.25) is 5.02 Å². The van der Waals surface area contributed by atoms with E-state index in [9.17, 15) is 8.42 Å². The van der Waals surface area contributed by atoms with Crippen molar-refractivity contribution in [3.63, 3.8) is 0 Å². The minimum absolute atomic E-state index is 0.166. The van der Waals surface area contributed by atoms with Gasteiger partial charge in [0.15, 0.2) is 11.5 Å². The lowest BCUT2D eigenvalue weighted by Crippen LogP contribution is -2.30. The highest BCUT2D eigenvalue weighted by atomic mass is 35.5. The number of sulfonamides is 1. The molecule has 30 heavy (non-hydrogen) atoms. The summed E-state index contributed by atoms with van der Waals surface area (Å²) in [5.74, 6) is 1.31. The first kappa shape index (κ1) is 20.7.